The molecule has 4 aliphatic rings. The fourth-order valence-corrected chi connectivity index (χ4v) is 8.06. The van der Waals surface area contributed by atoms with E-state index in [4.69, 9.17) is 0 Å². The third-order valence-electron chi connectivity index (χ3n) is 9.21. The molecule has 4 rings (SSSR count). The van der Waals surface area contributed by atoms with Gasteiger partial charge in [-0.2, -0.15) is 0 Å². The predicted octanol–water partition coefficient (Wildman–Crippen LogP) is 6.30. The summed E-state index contributed by atoms with van der Waals surface area (Å²) in [6.45, 7) is 10.5. The van der Waals surface area contributed by atoms with Crippen molar-refractivity contribution in [2.45, 2.75) is 85.5 Å². The molecule has 0 N–H and O–H groups in total. The molecule has 0 heterocycles. The third kappa shape index (κ3) is 1.86. The van der Waals surface area contributed by atoms with Crippen molar-refractivity contribution in [1.82, 2.24) is 0 Å². The van der Waals surface area contributed by atoms with Gasteiger partial charge in [0.05, 0.1) is 0 Å². The van der Waals surface area contributed by atoms with Gasteiger partial charge in [0.15, 0.2) is 0 Å². The van der Waals surface area contributed by atoms with Crippen molar-refractivity contribution in [3.05, 3.63) is 0 Å². The second-order valence-corrected chi connectivity index (χ2v) is 10.0. The zero-order chi connectivity index (χ0) is 14.8. The minimum atomic E-state index is 0.619. The molecule has 2 bridgehead atoms. The van der Waals surface area contributed by atoms with Gasteiger partial charge in [-0.25, -0.2) is 0 Å². The standard InChI is InChI=1S/C21H36/c1-14-10-11-21-13-18(14)20(3,4)19(21)12-17(15(21)2)16-8-6-5-7-9-16/h14-19H,5-13H2,1-4H3/t14-,15-,17?,18-,19+,21+/m1/s1. The van der Waals surface area contributed by atoms with Gasteiger partial charge in [-0.05, 0) is 72.0 Å². The van der Waals surface area contributed by atoms with Crippen molar-refractivity contribution in [2.75, 3.05) is 0 Å². The highest BCUT2D eigenvalue weighted by Gasteiger charge is 2.67. The molecule has 4 saturated carbocycles. The molecule has 0 amide bonds. The number of fused-ring (bicyclic) bond motifs is 1. The Balaban J connectivity index is 1.63. The van der Waals surface area contributed by atoms with Gasteiger partial charge in [-0.3, -0.25) is 0 Å². The SMILES string of the molecule is C[C@@H]1CC[C@@]23C[C@H]1C(C)(C)[C@@H]2CC(C1CCCCC1)[C@H]3C. The molecule has 0 aromatic rings. The van der Waals surface area contributed by atoms with Gasteiger partial charge < -0.3 is 0 Å². The highest BCUT2D eigenvalue weighted by Crippen LogP contribution is 2.74. The first-order valence-electron chi connectivity index (χ1n) is 9.97. The number of hydrogen-bond acceptors (Lipinski definition) is 0. The van der Waals surface area contributed by atoms with E-state index in [0.29, 0.717) is 5.41 Å². The topological polar surface area (TPSA) is 0 Å². The third-order valence-corrected chi connectivity index (χ3v) is 9.21. The Kier molecular flexibility index (Phi) is 3.30. The van der Waals surface area contributed by atoms with Gasteiger partial charge in [0.1, 0.15) is 0 Å². The van der Waals surface area contributed by atoms with E-state index in [1.807, 2.05) is 0 Å². The minimum Gasteiger partial charge on any atom is -0.0622 e. The summed E-state index contributed by atoms with van der Waals surface area (Å²) in [7, 11) is 0. The molecule has 6 atom stereocenters. The lowest BCUT2D eigenvalue weighted by Gasteiger charge is -2.42. The van der Waals surface area contributed by atoms with E-state index in [0.717, 1.165) is 40.9 Å². The van der Waals surface area contributed by atoms with Crippen LogP contribution in [-0.4, -0.2) is 0 Å². The molecular weight excluding hydrogens is 252 g/mol. The lowest BCUT2D eigenvalue weighted by atomic mass is 9.63. The average Bonchev–Trinajstić information content (AvgIpc) is 2.86. The maximum atomic E-state index is 2.67. The highest BCUT2D eigenvalue weighted by atomic mass is 14.7. The zero-order valence-electron chi connectivity index (χ0n) is 14.8. The van der Waals surface area contributed by atoms with Crippen LogP contribution < -0.4 is 0 Å². The van der Waals surface area contributed by atoms with Gasteiger partial charge in [0, 0.05) is 0 Å². The zero-order valence-corrected chi connectivity index (χ0v) is 14.8. The molecular formula is C21H36. The lowest BCUT2D eigenvalue weighted by Crippen LogP contribution is -2.34. The van der Waals surface area contributed by atoms with Crippen molar-refractivity contribution in [3.63, 3.8) is 0 Å². The summed E-state index contributed by atoms with van der Waals surface area (Å²) in [5.74, 6) is 6.22. The summed E-state index contributed by atoms with van der Waals surface area (Å²) in [6.07, 6.45) is 13.9. The summed E-state index contributed by atoms with van der Waals surface area (Å²) in [6, 6.07) is 0. The molecule has 1 spiro atoms. The number of rotatable bonds is 1. The van der Waals surface area contributed by atoms with Crippen LogP contribution in [0.15, 0.2) is 0 Å². The summed E-state index contributed by atoms with van der Waals surface area (Å²) in [5, 5.41) is 0. The molecule has 120 valence electrons. The van der Waals surface area contributed by atoms with Gasteiger partial charge in [-0.15, -0.1) is 0 Å². The van der Waals surface area contributed by atoms with Crippen molar-refractivity contribution < 1.29 is 0 Å². The first-order chi connectivity index (χ1) is 9.97. The molecule has 0 aliphatic heterocycles. The van der Waals surface area contributed by atoms with Crippen LogP contribution in [0.1, 0.15) is 85.5 Å². The predicted molar refractivity (Wildman–Crippen MR) is 90.1 cm³/mol. The largest absolute Gasteiger partial charge is 0.0622 e. The maximum Gasteiger partial charge on any atom is -0.0232 e. The molecule has 0 aromatic heterocycles. The van der Waals surface area contributed by atoms with E-state index in [1.54, 1.807) is 32.1 Å². The second kappa shape index (κ2) is 4.75. The maximum absolute atomic E-state index is 2.67. The van der Waals surface area contributed by atoms with Crippen LogP contribution >= 0.6 is 0 Å². The van der Waals surface area contributed by atoms with Crippen LogP contribution in [0.4, 0.5) is 0 Å². The summed E-state index contributed by atoms with van der Waals surface area (Å²) >= 11 is 0. The summed E-state index contributed by atoms with van der Waals surface area (Å²) in [4.78, 5) is 0. The van der Waals surface area contributed by atoms with E-state index < -0.39 is 0 Å². The van der Waals surface area contributed by atoms with Gasteiger partial charge in [0.25, 0.3) is 0 Å². The van der Waals surface area contributed by atoms with Crippen LogP contribution in [0, 0.1) is 46.3 Å². The van der Waals surface area contributed by atoms with Crippen LogP contribution in [0.3, 0.4) is 0 Å². The summed E-state index contributed by atoms with van der Waals surface area (Å²) < 4.78 is 0. The molecule has 1 unspecified atom stereocenters. The van der Waals surface area contributed by atoms with E-state index >= 15 is 0 Å². The van der Waals surface area contributed by atoms with Crippen LogP contribution in [0.25, 0.3) is 0 Å². The van der Waals surface area contributed by atoms with Crippen LogP contribution in [0.5, 0.6) is 0 Å². The Bertz CT molecular complexity index is 402. The molecule has 0 saturated heterocycles. The fraction of sp³-hybridized carbons (Fsp3) is 1.00. The Morgan fingerprint density at radius 2 is 1.62 bits per heavy atom. The lowest BCUT2D eigenvalue weighted by molar-refractivity contribution is 0.0701. The van der Waals surface area contributed by atoms with Crippen molar-refractivity contribution >= 4 is 0 Å². The average molecular weight is 289 g/mol. The van der Waals surface area contributed by atoms with Crippen molar-refractivity contribution in [3.8, 4) is 0 Å². The van der Waals surface area contributed by atoms with Gasteiger partial charge >= 0.3 is 0 Å². The van der Waals surface area contributed by atoms with Gasteiger partial charge in [0.2, 0.25) is 0 Å². The monoisotopic (exact) mass is 288 g/mol. The molecule has 4 aliphatic carbocycles. The minimum absolute atomic E-state index is 0.619. The van der Waals surface area contributed by atoms with Crippen molar-refractivity contribution in [1.29, 1.82) is 0 Å². The van der Waals surface area contributed by atoms with E-state index in [2.05, 4.69) is 27.7 Å². The van der Waals surface area contributed by atoms with E-state index in [1.165, 1.54) is 25.7 Å². The molecule has 0 heteroatoms. The number of hydrogen-bond donors (Lipinski definition) is 0. The van der Waals surface area contributed by atoms with Gasteiger partial charge in [-0.1, -0.05) is 59.8 Å². The van der Waals surface area contributed by atoms with Crippen LogP contribution in [0.2, 0.25) is 0 Å². The Labute approximate surface area is 132 Å². The molecule has 4 fully saturated rings. The highest BCUT2D eigenvalue weighted by molar-refractivity contribution is 5.15. The normalized spacial score (nSPS) is 52.9. The van der Waals surface area contributed by atoms with E-state index in [-0.39, 0.29) is 0 Å². The fourth-order valence-electron chi connectivity index (χ4n) is 8.06. The van der Waals surface area contributed by atoms with E-state index in [9.17, 15) is 0 Å². The Morgan fingerprint density at radius 1 is 0.905 bits per heavy atom. The smallest absolute Gasteiger partial charge is 0.0232 e. The summed E-state index contributed by atoms with van der Waals surface area (Å²) in [5.41, 5.74) is 1.37. The molecule has 0 radical (unpaired) electrons. The van der Waals surface area contributed by atoms with Crippen molar-refractivity contribution in [2.24, 2.45) is 46.3 Å². The Hall–Kier alpha value is 0. The second-order valence-electron chi connectivity index (χ2n) is 10.0. The quantitative estimate of drug-likeness (QED) is 0.531. The van der Waals surface area contributed by atoms with Crippen LogP contribution in [-0.2, 0) is 0 Å². The Morgan fingerprint density at radius 3 is 2.33 bits per heavy atom. The molecule has 0 aromatic carbocycles. The first-order valence-corrected chi connectivity index (χ1v) is 9.97. The molecule has 21 heavy (non-hydrogen) atoms. The first kappa shape index (κ1) is 14.6. The molecule has 0 nitrogen and oxygen atoms in total.